The van der Waals surface area contributed by atoms with Crippen molar-refractivity contribution in [3.8, 4) is 5.75 Å². The van der Waals surface area contributed by atoms with Gasteiger partial charge in [-0.05, 0) is 55.8 Å². The number of aryl methyl sites for hydroxylation is 1. The van der Waals surface area contributed by atoms with Gasteiger partial charge >= 0.3 is 0 Å². The highest BCUT2D eigenvalue weighted by Crippen LogP contribution is 2.24. The average molecular weight is 277 g/mol. The van der Waals surface area contributed by atoms with E-state index in [9.17, 15) is 0 Å². The molecule has 0 saturated carbocycles. The zero-order valence-corrected chi connectivity index (χ0v) is 13.8. The van der Waals surface area contributed by atoms with Gasteiger partial charge in [-0.15, -0.1) is 0 Å². The Bertz CT molecular complexity index is 387. The maximum absolute atomic E-state index is 5.97. The van der Waals surface area contributed by atoms with Gasteiger partial charge in [0.2, 0.25) is 0 Å². The fraction of sp³-hybridized carbons (Fsp3) is 0.667. The van der Waals surface area contributed by atoms with Crippen molar-refractivity contribution >= 4 is 0 Å². The van der Waals surface area contributed by atoms with Crippen molar-refractivity contribution < 1.29 is 4.74 Å². The van der Waals surface area contributed by atoms with Crippen molar-refractivity contribution in [2.45, 2.75) is 65.8 Å². The van der Waals surface area contributed by atoms with Gasteiger partial charge in [-0.3, -0.25) is 0 Å². The van der Waals surface area contributed by atoms with Crippen LogP contribution in [0.2, 0.25) is 0 Å². The summed E-state index contributed by atoms with van der Waals surface area (Å²) in [5.74, 6) is 1.60. The molecular formula is C18H31NO. The molecule has 0 saturated heterocycles. The highest BCUT2D eigenvalue weighted by Gasteiger charge is 2.06. The zero-order chi connectivity index (χ0) is 15.0. The Morgan fingerprint density at radius 3 is 2.55 bits per heavy atom. The summed E-state index contributed by atoms with van der Waals surface area (Å²) in [4.78, 5) is 0. The quantitative estimate of drug-likeness (QED) is 0.663. The van der Waals surface area contributed by atoms with Crippen molar-refractivity contribution in [3.05, 3.63) is 29.3 Å². The maximum Gasteiger partial charge on any atom is 0.122 e. The molecule has 1 N–H and O–H groups in total. The Balaban J connectivity index is 2.43. The molecule has 0 aliphatic carbocycles. The van der Waals surface area contributed by atoms with Gasteiger partial charge in [0.05, 0.1) is 6.61 Å². The molecule has 1 aromatic carbocycles. The lowest BCUT2D eigenvalue weighted by atomic mass is 10.0. The fourth-order valence-electron chi connectivity index (χ4n) is 2.38. The summed E-state index contributed by atoms with van der Waals surface area (Å²) in [5, 5.41) is 3.51. The third-order valence-corrected chi connectivity index (χ3v) is 3.82. The second-order valence-corrected chi connectivity index (χ2v) is 5.83. The second kappa shape index (κ2) is 9.02. The molecule has 2 heteroatoms. The van der Waals surface area contributed by atoms with Crippen LogP contribution in [0.25, 0.3) is 0 Å². The Morgan fingerprint density at radius 2 is 1.95 bits per heavy atom. The Labute approximate surface area is 124 Å². The molecule has 0 aromatic heterocycles. The van der Waals surface area contributed by atoms with E-state index in [1.165, 1.54) is 24.0 Å². The normalized spacial score (nSPS) is 12.7. The highest BCUT2D eigenvalue weighted by molar-refractivity contribution is 5.37. The minimum absolute atomic E-state index is 0.552. The summed E-state index contributed by atoms with van der Waals surface area (Å²) in [6.45, 7) is 12.8. The van der Waals surface area contributed by atoms with E-state index in [4.69, 9.17) is 4.74 Å². The van der Waals surface area contributed by atoms with E-state index in [2.05, 4.69) is 58.1 Å². The van der Waals surface area contributed by atoms with Gasteiger partial charge in [0.15, 0.2) is 0 Å². The predicted octanol–water partition coefficient (Wildman–Crippen LogP) is 4.67. The zero-order valence-electron chi connectivity index (χ0n) is 13.8. The summed E-state index contributed by atoms with van der Waals surface area (Å²) in [5.41, 5.74) is 2.58. The average Bonchev–Trinajstić information content (AvgIpc) is 2.43. The van der Waals surface area contributed by atoms with Crippen LogP contribution in [0.1, 0.15) is 64.0 Å². The van der Waals surface area contributed by atoms with Crippen LogP contribution in [0.15, 0.2) is 18.2 Å². The summed E-state index contributed by atoms with van der Waals surface area (Å²) >= 11 is 0. The number of nitrogens with one attached hydrogen (secondary N) is 1. The third-order valence-electron chi connectivity index (χ3n) is 3.82. The highest BCUT2D eigenvalue weighted by atomic mass is 16.5. The van der Waals surface area contributed by atoms with Gasteiger partial charge < -0.3 is 10.1 Å². The van der Waals surface area contributed by atoms with Crippen LogP contribution in [-0.2, 0) is 0 Å². The van der Waals surface area contributed by atoms with Gasteiger partial charge in [0.1, 0.15) is 5.75 Å². The monoisotopic (exact) mass is 277 g/mol. The number of hydrogen-bond acceptors (Lipinski definition) is 2. The fourth-order valence-corrected chi connectivity index (χ4v) is 2.38. The van der Waals surface area contributed by atoms with E-state index >= 15 is 0 Å². The third kappa shape index (κ3) is 5.54. The Kier molecular flexibility index (Phi) is 7.68. The van der Waals surface area contributed by atoms with Gasteiger partial charge in [-0.1, -0.05) is 39.8 Å². The molecule has 114 valence electrons. The summed E-state index contributed by atoms with van der Waals surface area (Å²) in [6.07, 6.45) is 3.49. The second-order valence-electron chi connectivity index (χ2n) is 5.83. The smallest absolute Gasteiger partial charge is 0.122 e. The first-order valence-electron chi connectivity index (χ1n) is 8.05. The molecule has 1 atom stereocenters. The summed E-state index contributed by atoms with van der Waals surface area (Å²) in [7, 11) is 0. The molecule has 0 heterocycles. The van der Waals surface area contributed by atoms with Crippen molar-refractivity contribution in [2.24, 2.45) is 0 Å². The number of benzene rings is 1. The van der Waals surface area contributed by atoms with Crippen molar-refractivity contribution in [1.29, 1.82) is 0 Å². The van der Waals surface area contributed by atoms with Crippen LogP contribution in [0, 0.1) is 6.92 Å². The maximum atomic E-state index is 5.97. The largest absolute Gasteiger partial charge is 0.493 e. The molecule has 1 rings (SSSR count). The lowest BCUT2D eigenvalue weighted by molar-refractivity contribution is 0.293. The predicted molar refractivity (Wildman–Crippen MR) is 87.8 cm³/mol. The van der Waals surface area contributed by atoms with E-state index < -0.39 is 0 Å². The van der Waals surface area contributed by atoms with E-state index in [1.54, 1.807) is 0 Å². The van der Waals surface area contributed by atoms with Crippen LogP contribution in [0.3, 0.4) is 0 Å². The van der Waals surface area contributed by atoms with E-state index in [0.29, 0.717) is 12.0 Å². The van der Waals surface area contributed by atoms with E-state index in [1.807, 2.05) is 0 Å². The molecule has 20 heavy (non-hydrogen) atoms. The number of rotatable bonds is 9. The van der Waals surface area contributed by atoms with Crippen LogP contribution in [0.5, 0.6) is 5.75 Å². The van der Waals surface area contributed by atoms with Gasteiger partial charge in [0.25, 0.3) is 0 Å². The number of ether oxygens (including phenoxy) is 1. The van der Waals surface area contributed by atoms with E-state index in [0.717, 1.165) is 25.3 Å². The molecular weight excluding hydrogens is 246 g/mol. The van der Waals surface area contributed by atoms with Crippen LogP contribution < -0.4 is 10.1 Å². The molecule has 0 bridgehead atoms. The molecule has 2 nitrogen and oxygen atoms in total. The van der Waals surface area contributed by atoms with Crippen molar-refractivity contribution in [2.75, 3.05) is 13.2 Å². The lowest BCUT2D eigenvalue weighted by Crippen LogP contribution is -2.28. The molecule has 0 radical (unpaired) electrons. The minimum atomic E-state index is 0.552. The van der Waals surface area contributed by atoms with Crippen molar-refractivity contribution in [3.63, 3.8) is 0 Å². The summed E-state index contributed by atoms with van der Waals surface area (Å²) < 4.78 is 5.97. The molecule has 1 aromatic rings. The van der Waals surface area contributed by atoms with E-state index in [-0.39, 0.29) is 0 Å². The molecule has 1 unspecified atom stereocenters. The number of hydrogen-bond donors (Lipinski definition) is 1. The van der Waals surface area contributed by atoms with Crippen LogP contribution in [0.4, 0.5) is 0 Å². The molecule has 0 spiro atoms. The topological polar surface area (TPSA) is 21.3 Å². The molecule has 0 fully saturated rings. The standard InChI is InChI=1S/C18H31NO/c1-6-17(19-7-2)9-8-12-20-18-13-16(14(3)4)11-10-15(18)5/h10-11,13-14,17,19H,6-9,12H2,1-5H3. The first kappa shape index (κ1) is 17.0. The van der Waals surface area contributed by atoms with Gasteiger partial charge in [-0.2, -0.15) is 0 Å². The van der Waals surface area contributed by atoms with Gasteiger partial charge in [-0.25, -0.2) is 0 Å². The Hall–Kier alpha value is -1.02. The van der Waals surface area contributed by atoms with Gasteiger partial charge in [0, 0.05) is 6.04 Å². The molecule has 0 amide bonds. The minimum Gasteiger partial charge on any atom is -0.493 e. The summed E-state index contributed by atoms with van der Waals surface area (Å²) in [6, 6.07) is 7.19. The molecule has 0 aliphatic heterocycles. The van der Waals surface area contributed by atoms with Crippen molar-refractivity contribution in [1.82, 2.24) is 5.32 Å². The lowest BCUT2D eigenvalue weighted by Gasteiger charge is -2.16. The first-order valence-corrected chi connectivity index (χ1v) is 8.05. The Morgan fingerprint density at radius 1 is 1.20 bits per heavy atom. The SMILES string of the molecule is CCNC(CC)CCCOc1cc(C(C)C)ccc1C. The molecule has 0 aliphatic rings. The van der Waals surface area contributed by atoms with Crippen LogP contribution >= 0.6 is 0 Å². The van der Waals surface area contributed by atoms with Crippen LogP contribution in [-0.4, -0.2) is 19.2 Å². The first-order chi connectivity index (χ1) is 9.58.